The van der Waals surface area contributed by atoms with E-state index in [1.54, 1.807) is 7.11 Å². The number of fused-ring (bicyclic) bond motifs is 1. The van der Waals surface area contributed by atoms with E-state index in [1.807, 2.05) is 12.1 Å². The minimum Gasteiger partial charge on any atom is -0.497 e. The van der Waals surface area contributed by atoms with Crippen molar-refractivity contribution >= 4 is 10.8 Å². The molecule has 1 nitrogen and oxygen atoms in total. The fourth-order valence-corrected chi connectivity index (χ4v) is 2.54. The van der Waals surface area contributed by atoms with Gasteiger partial charge >= 0.3 is 0 Å². The van der Waals surface area contributed by atoms with Gasteiger partial charge in [-0.25, -0.2) is 0 Å². The number of hydrogen-bond donors (Lipinski definition) is 0. The molecule has 0 amide bonds. The summed E-state index contributed by atoms with van der Waals surface area (Å²) in [7, 11) is 1.69. The Morgan fingerprint density at radius 1 is 0.789 bits per heavy atom. The van der Waals surface area contributed by atoms with Gasteiger partial charge in [0.2, 0.25) is 0 Å². The highest BCUT2D eigenvalue weighted by molar-refractivity contribution is 5.98. The van der Waals surface area contributed by atoms with Gasteiger partial charge in [-0.2, -0.15) is 0 Å². The Hall–Kier alpha value is -2.28. The highest BCUT2D eigenvalue weighted by atomic mass is 16.5. The van der Waals surface area contributed by atoms with E-state index in [-0.39, 0.29) is 0 Å². The highest BCUT2D eigenvalue weighted by Crippen LogP contribution is 2.31. The molecular weight excluding hydrogens is 232 g/mol. The third-order valence-electron chi connectivity index (χ3n) is 3.51. The van der Waals surface area contributed by atoms with Gasteiger partial charge in [-0.1, -0.05) is 48.5 Å². The SMILES string of the molecule is COc1ccc(-c2cccc3cccc(C)c23)cc1. The Morgan fingerprint density at radius 2 is 1.47 bits per heavy atom. The Morgan fingerprint density at radius 3 is 2.16 bits per heavy atom. The van der Waals surface area contributed by atoms with E-state index in [0.29, 0.717) is 0 Å². The van der Waals surface area contributed by atoms with E-state index in [0.717, 1.165) is 5.75 Å². The largest absolute Gasteiger partial charge is 0.497 e. The molecule has 0 aliphatic heterocycles. The molecule has 0 saturated heterocycles. The standard InChI is InChI=1S/C18H16O/c1-13-5-3-6-15-7-4-8-17(18(13)15)14-9-11-16(19-2)12-10-14/h3-12H,1-2H3. The zero-order valence-electron chi connectivity index (χ0n) is 11.2. The van der Waals surface area contributed by atoms with Crippen LogP contribution in [0.25, 0.3) is 21.9 Å². The molecule has 0 aliphatic rings. The van der Waals surface area contributed by atoms with Crippen molar-refractivity contribution in [1.82, 2.24) is 0 Å². The van der Waals surface area contributed by atoms with E-state index in [2.05, 4.69) is 55.5 Å². The van der Waals surface area contributed by atoms with Crippen LogP contribution in [0.5, 0.6) is 5.75 Å². The number of methoxy groups -OCH3 is 1. The van der Waals surface area contributed by atoms with Crippen LogP contribution in [-0.2, 0) is 0 Å². The Balaban J connectivity index is 2.24. The third kappa shape index (κ3) is 2.08. The van der Waals surface area contributed by atoms with Crippen LogP contribution in [0.4, 0.5) is 0 Å². The minimum atomic E-state index is 0.890. The Kier molecular flexibility index (Phi) is 2.96. The van der Waals surface area contributed by atoms with Gasteiger partial charge in [-0.15, -0.1) is 0 Å². The summed E-state index contributed by atoms with van der Waals surface area (Å²) in [6, 6.07) is 21.1. The number of rotatable bonds is 2. The molecule has 3 aromatic rings. The lowest BCUT2D eigenvalue weighted by Gasteiger charge is -2.10. The average molecular weight is 248 g/mol. The zero-order chi connectivity index (χ0) is 13.2. The van der Waals surface area contributed by atoms with Gasteiger partial charge in [0.15, 0.2) is 0 Å². The van der Waals surface area contributed by atoms with Crippen molar-refractivity contribution in [2.24, 2.45) is 0 Å². The molecule has 0 atom stereocenters. The van der Waals surface area contributed by atoms with Crippen molar-refractivity contribution in [3.63, 3.8) is 0 Å². The van der Waals surface area contributed by atoms with Crippen LogP contribution in [0.15, 0.2) is 60.7 Å². The first-order chi connectivity index (χ1) is 9.29. The molecule has 0 bridgehead atoms. The van der Waals surface area contributed by atoms with Gasteiger partial charge in [0.1, 0.15) is 5.75 Å². The van der Waals surface area contributed by atoms with Crippen LogP contribution in [-0.4, -0.2) is 7.11 Å². The lowest BCUT2D eigenvalue weighted by atomic mass is 9.95. The molecule has 0 aromatic heterocycles. The molecule has 3 aromatic carbocycles. The quantitative estimate of drug-likeness (QED) is 0.631. The molecule has 0 fully saturated rings. The Labute approximate surface area is 113 Å². The molecule has 0 radical (unpaired) electrons. The van der Waals surface area contributed by atoms with E-state index >= 15 is 0 Å². The smallest absolute Gasteiger partial charge is 0.118 e. The van der Waals surface area contributed by atoms with Crippen molar-refractivity contribution < 1.29 is 4.74 Å². The van der Waals surface area contributed by atoms with Gasteiger partial charge in [0.05, 0.1) is 7.11 Å². The van der Waals surface area contributed by atoms with Crippen LogP contribution < -0.4 is 4.74 Å². The van der Waals surface area contributed by atoms with Crippen LogP contribution in [0, 0.1) is 6.92 Å². The van der Waals surface area contributed by atoms with Crippen molar-refractivity contribution in [2.45, 2.75) is 6.92 Å². The number of hydrogen-bond acceptors (Lipinski definition) is 1. The summed E-state index contributed by atoms with van der Waals surface area (Å²) in [4.78, 5) is 0. The second kappa shape index (κ2) is 4.77. The van der Waals surface area contributed by atoms with Gasteiger partial charge in [0.25, 0.3) is 0 Å². The minimum absolute atomic E-state index is 0.890. The van der Waals surface area contributed by atoms with Crippen LogP contribution in [0.3, 0.4) is 0 Å². The summed E-state index contributed by atoms with van der Waals surface area (Å²) in [5.41, 5.74) is 3.81. The molecule has 0 heterocycles. The number of ether oxygens (including phenoxy) is 1. The van der Waals surface area contributed by atoms with Crippen molar-refractivity contribution in [3.8, 4) is 16.9 Å². The monoisotopic (exact) mass is 248 g/mol. The van der Waals surface area contributed by atoms with Gasteiger partial charge in [0, 0.05) is 0 Å². The van der Waals surface area contributed by atoms with Crippen LogP contribution in [0.1, 0.15) is 5.56 Å². The fraction of sp³-hybridized carbons (Fsp3) is 0.111. The van der Waals surface area contributed by atoms with Crippen molar-refractivity contribution in [1.29, 1.82) is 0 Å². The summed E-state index contributed by atoms with van der Waals surface area (Å²) >= 11 is 0. The molecule has 1 heteroatoms. The summed E-state index contributed by atoms with van der Waals surface area (Å²) in [5.74, 6) is 0.890. The molecule has 0 spiro atoms. The first kappa shape index (κ1) is 11.8. The van der Waals surface area contributed by atoms with Gasteiger partial charge in [-0.3, -0.25) is 0 Å². The van der Waals surface area contributed by atoms with Crippen molar-refractivity contribution in [2.75, 3.05) is 7.11 Å². The molecule has 3 rings (SSSR count). The maximum atomic E-state index is 5.22. The second-order valence-electron chi connectivity index (χ2n) is 4.71. The predicted molar refractivity (Wildman–Crippen MR) is 80.7 cm³/mol. The predicted octanol–water partition coefficient (Wildman–Crippen LogP) is 4.82. The number of benzene rings is 3. The summed E-state index contributed by atoms with van der Waals surface area (Å²) in [5, 5.41) is 2.61. The number of aryl methyl sites for hydroxylation is 1. The molecular formula is C18H16O. The van der Waals surface area contributed by atoms with E-state index in [4.69, 9.17) is 4.74 Å². The van der Waals surface area contributed by atoms with Crippen LogP contribution >= 0.6 is 0 Å². The maximum absolute atomic E-state index is 5.22. The van der Waals surface area contributed by atoms with E-state index in [9.17, 15) is 0 Å². The third-order valence-corrected chi connectivity index (χ3v) is 3.51. The lowest BCUT2D eigenvalue weighted by Crippen LogP contribution is -1.86. The average Bonchev–Trinajstić information content (AvgIpc) is 2.47. The fourth-order valence-electron chi connectivity index (χ4n) is 2.54. The zero-order valence-corrected chi connectivity index (χ0v) is 11.2. The van der Waals surface area contributed by atoms with E-state index < -0.39 is 0 Å². The van der Waals surface area contributed by atoms with E-state index in [1.165, 1.54) is 27.5 Å². The molecule has 19 heavy (non-hydrogen) atoms. The molecule has 0 saturated carbocycles. The molecule has 0 unspecified atom stereocenters. The molecule has 0 aliphatic carbocycles. The van der Waals surface area contributed by atoms with Crippen molar-refractivity contribution in [3.05, 3.63) is 66.2 Å². The molecule has 0 N–H and O–H groups in total. The van der Waals surface area contributed by atoms with Gasteiger partial charge < -0.3 is 4.74 Å². The maximum Gasteiger partial charge on any atom is 0.118 e. The normalized spacial score (nSPS) is 10.6. The summed E-state index contributed by atoms with van der Waals surface area (Å²) < 4.78 is 5.22. The first-order valence-electron chi connectivity index (χ1n) is 6.42. The summed E-state index contributed by atoms with van der Waals surface area (Å²) in [6.45, 7) is 2.16. The second-order valence-corrected chi connectivity index (χ2v) is 4.71. The summed E-state index contributed by atoms with van der Waals surface area (Å²) in [6.07, 6.45) is 0. The van der Waals surface area contributed by atoms with Gasteiger partial charge in [-0.05, 0) is 46.5 Å². The van der Waals surface area contributed by atoms with Crippen LogP contribution in [0.2, 0.25) is 0 Å². The first-order valence-corrected chi connectivity index (χ1v) is 6.42. The Bertz CT molecular complexity index is 706. The highest BCUT2D eigenvalue weighted by Gasteiger charge is 2.05. The lowest BCUT2D eigenvalue weighted by molar-refractivity contribution is 0.415. The topological polar surface area (TPSA) is 9.23 Å². The molecule has 94 valence electrons.